The topological polar surface area (TPSA) is 27.1 Å². The summed E-state index contributed by atoms with van der Waals surface area (Å²) in [7, 11) is 0. The molecule has 0 unspecified atom stereocenters. The van der Waals surface area contributed by atoms with Crippen LogP contribution in [0, 0.1) is 5.41 Å². The van der Waals surface area contributed by atoms with Gasteiger partial charge in [0.25, 0.3) is 0 Å². The van der Waals surface area contributed by atoms with E-state index in [1.54, 1.807) is 6.20 Å². The quantitative estimate of drug-likeness (QED) is 0.544. The fourth-order valence-electron chi connectivity index (χ4n) is 0.497. The fraction of sp³-hybridized carbons (Fsp3) is 0.667. The molecule has 0 fully saturated rings. The third-order valence-corrected chi connectivity index (χ3v) is 1.06. The molecule has 0 aliphatic rings. The Bertz CT molecular complexity index is 88.7. The second kappa shape index (κ2) is 4.41. The van der Waals surface area contributed by atoms with Gasteiger partial charge in [0.05, 0.1) is 6.20 Å². The van der Waals surface area contributed by atoms with E-state index in [0.29, 0.717) is 0 Å². The predicted octanol–water partition coefficient (Wildman–Crippen LogP) is 1.09. The van der Waals surface area contributed by atoms with Crippen molar-refractivity contribution in [2.45, 2.75) is 13.8 Å². The molecule has 1 N–H and O–H groups in total. The minimum Gasteiger partial charge on any atom is -0.370 e. The Hall–Kier alpha value is -0.750. The molecule has 2 nitrogen and oxygen atoms in total. The van der Waals surface area contributed by atoms with Gasteiger partial charge in [0.15, 0.2) is 0 Å². The highest BCUT2D eigenvalue weighted by molar-refractivity contribution is 5.46. The smallest absolute Gasteiger partial charge is 0.0615 e. The number of rotatable bonds is 3. The van der Waals surface area contributed by atoms with Gasteiger partial charge in [0, 0.05) is 13.1 Å². The maximum Gasteiger partial charge on any atom is 0.0615 e. The zero-order valence-corrected chi connectivity index (χ0v) is 5.44. The lowest BCUT2D eigenvalue weighted by molar-refractivity contribution is 0.423. The van der Waals surface area contributed by atoms with Crippen molar-refractivity contribution in [1.29, 1.82) is 5.41 Å². The van der Waals surface area contributed by atoms with Crippen molar-refractivity contribution in [2.75, 3.05) is 13.1 Å². The molecule has 0 spiro atoms. The number of nitrogens with one attached hydrogen (secondary N) is 1. The third-order valence-electron chi connectivity index (χ3n) is 1.06. The molecule has 0 heterocycles. The van der Waals surface area contributed by atoms with Crippen LogP contribution in [0.3, 0.4) is 0 Å². The van der Waals surface area contributed by atoms with Gasteiger partial charge in [-0.1, -0.05) is 0 Å². The molecule has 0 rings (SSSR count). The molecule has 0 atom stereocenters. The first kappa shape index (κ1) is 7.25. The van der Waals surface area contributed by atoms with Gasteiger partial charge in [0.2, 0.25) is 0 Å². The van der Waals surface area contributed by atoms with E-state index in [4.69, 9.17) is 5.41 Å². The molecule has 0 aromatic heterocycles. The summed E-state index contributed by atoms with van der Waals surface area (Å²) in [6, 6.07) is 0. The van der Waals surface area contributed by atoms with E-state index in [0.717, 1.165) is 13.1 Å². The van der Waals surface area contributed by atoms with Crippen LogP contribution in [0.15, 0.2) is 6.20 Å². The van der Waals surface area contributed by atoms with E-state index >= 15 is 0 Å². The minimum atomic E-state index is 0.961. The molecule has 46 valence electrons. The maximum absolute atomic E-state index is 6.59. The van der Waals surface area contributed by atoms with Crippen LogP contribution in [0.25, 0.3) is 0 Å². The van der Waals surface area contributed by atoms with Crippen molar-refractivity contribution in [1.82, 2.24) is 4.90 Å². The van der Waals surface area contributed by atoms with Gasteiger partial charge in [0.1, 0.15) is 0 Å². The van der Waals surface area contributed by atoms with Crippen molar-refractivity contribution in [3.05, 3.63) is 6.20 Å². The Balaban J connectivity index is 3.52. The average Bonchev–Trinajstić information content (AvgIpc) is 1.83. The summed E-state index contributed by atoms with van der Waals surface area (Å²) in [5, 5.41) is 6.59. The highest BCUT2D eigenvalue weighted by Crippen LogP contribution is 1.82. The van der Waals surface area contributed by atoms with Crippen LogP contribution in [0.2, 0.25) is 0 Å². The van der Waals surface area contributed by atoms with E-state index in [1.165, 1.54) is 0 Å². The van der Waals surface area contributed by atoms with Crippen LogP contribution in [-0.2, 0) is 0 Å². The lowest BCUT2D eigenvalue weighted by atomic mass is 10.5. The van der Waals surface area contributed by atoms with Gasteiger partial charge in [-0.05, 0) is 19.7 Å². The van der Waals surface area contributed by atoms with E-state index in [2.05, 4.69) is 19.7 Å². The Morgan fingerprint density at radius 1 is 1.50 bits per heavy atom. The van der Waals surface area contributed by atoms with Crippen LogP contribution in [-0.4, -0.2) is 23.9 Å². The van der Waals surface area contributed by atoms with Crippen molar-refractivity contribution in [3.8, 4) is 0 Å². The molecule has 0 radical (unpaired) electrons. The largest absolute Gasteiger partial charge is 0.370 e. The van der Waals surface area contributed by atoms with Crippen molar-refractivity contribution >= 4 is 5.87 Å². The molecule has 0 aliphatic heterocycles. The molecule has 0 saturated carbocycles. The second-order valence-electron chi connectivity index (χ2n) is 1.49. The normalized spacial score (nSPS) is 7.75. The molecule has 0 aliphatic carbocycles. The van der Waals surface area contributed by atoms with Crippen LogP contribution in [0.1, 0.15) is 13.8 Å². The summed E-state index contributed by atoms with van der Waals surface area (Å²) in [6.07, 6.45) is 1.65. The Morgan fingerprint density at radius 2 is 2.00 bits per heavy atom. The first-order valence-electron chi connectivity index (χ1n) is 2.84. The summed E-state index contributed by atoms with van der Waals surface area (Å²) in [4.78, 5) is 2.01. The van der Waals surface area contributed by atoms with E-state index in [1.807, 2.05) is 4.90 Å². The second-order valence-corrected chi connectivity index (χ2v) is 1.49. The summed E-state index contributed by atoms with van der Waals surface area (Å²) in [5.74, 6) is 2.22. The summed E-state index contributed by atoms with van der Waals surface area (Å²) in [5.41, 5.74) is 0. The molecule has 0 bridgehead atoms. The predicted molar refractivity (Wildman–Crippen MR) is 35.2 cm³/mol. The highest BCUT2D eigenvalue weighted by Gasteiger charge is 1.85. The Morgan fingerprint density at radius 3 is 2.12 bits per heavy atom. The Labute approximate surface area is 50.3 Å². The van der Waals surface area contributed by atoms with Gasteiger partial charge in [-0.25, -0.2) is 0 Å². The number of hydrogen-bond acceptors (Lipinski definition) is 2. The van der Waals surface area contributed by atoms with Crippen LogP contribution in [0.5, 0.6) is 0 Å². The van der Waals surface area contributed by atoms with Gasteiger partial charge in [-0.3, -0.25) is 5.41 Å². The SMILES string of the molecule is CCN(C=C=N)CC. The summed E-state index contributed by atoms with van der Waals surface area (Å²) in [6.45, 7) is 6.03. The number of hydrogen-bond donors (Lipinski definition) is 1. The highest BCUT2D eigenvalue weighted by atomic mass is 15.1. The van der Waals surface area contributed by atoms with Gasteiger partial charge in [-0.2, -0.15) is 0 Å². The number of nitrogens with zero attached hydrogens (tertiary/aromatic N) is 1. The lowest BCUT2D eigenvalue weighted by Crippen LogP contribution is -2.15. The van der Waals surface area contributed by atoms with Crippen molar-refractivity contribution < 1.29 is 0 Å². The molecule has 0 amide bonds. The van der Waals surface area contributed by atoms with E-state index in [9.17, 15) is 0 Å². The van der Waals surface area contributed by atoms with Crippen LogP contribution < -0.4 is 0 Å². The van der Waals surface area contributed by atoms with Crippen LogP contribution in [0.4, 0.5) is 0 Å². The first-order chi connectivity index (χ1) is 3.85. The molecular weight excluding hydrogens is 100 g/mol. The molecule has 0 aromatic carbocycles. The lowest BCUT2D eigenvalue weighted by Gasteiger charge is -2.11. The van der Waals surface area contributed by atoms with Gasteiger partial charge >= 0.3 is 0 Å². The summed E-state index contributed by atoms with van der Waals surface area (Å²) < 4.78 is 0. The summed E-state index contributed by atoms with van der Waals surface area (Å²) >= 11 is 0. The van der Waals surface area contributed by atoms with Crippen LogP contribution >= 0.6 is 0 Å². The standard InChI is InChI=1S/C6H12N2/c1-3-8(4-2)6-5-7/h6-7H,3-4H2,1-2H3. The average molecular weight is 112 g/mol. The first-order valence-corrected chi connectivity index (χ1v) is 2.84. The van der Waals surface area contributed by atoms with Gasteiger partial charge in [-0.15, -0.1) is 0 Å². The third kappa shape index (κ3) is 2.43. The zero-order chi connectivity index (χ0) is 6.41. The molecule has 0 aromatic rings. The maximum atomic E-state index is 6.59. The molecule has 0 saturated heterocycles. The van der Waals surface area contributed by atoms with Crippen molar-refractivity contribution in [3.63, 3.8) is 0 Å². The Kier molecular flexibility index (Phi) is 4.00. The van der Waals surface area contributed by atoms with Gasteiger partial charge < -0.3 is 4.90 Å². The fourth-order valence-corrected chi connectivity index (χ4v) is 0.497. The zero-order valence-electron chi connectivity index (χ0n) is 5.44. The molecule has 8 heavy (non-hydrogen) atoms. The van der Waals surface area contributed by atoms with E-state index in [-0.39, 0.29) is 0 Å². The molecular formula is C6H12N2. The van der Waals surface area contributed by atoms with Crippen molar-refractivity contribution in [2.24, 2.45) is 0 Å². The van der Waals surface area contributed by atoms with E-state index < -0.39 is 0 Å². The molecule has 2 heteroatoms. The monoisotopic (exact) mass is 112 g/mol. The minimum absolute atomic E-state index is 0.961.